The Bertz CT molecular complexity index is 886. The van der Waals surface area contributed by atoms with E-state index >= 15 is 0 Å². The van der Waals surface area contributed by atoms with E-state index in [0.29, 0.717) is 31.7 Å². The SMILES string of the molecule is CN(C)CCN(C[C@@H]1CCCN(Cc2ccccc2F)C1)C(=O)Cc1c(F)cccc1F. The van der Waals surface area contributed by atoms with E-state index in [0.717, 1.165) is 25.9 Å². The summed E-state index contributed by atoms with van der Waals surface area (Å²) in [5.41, 5.74) is 0.487. The molecule has 32 heavy (non-hydrogen) atoms. The van der Waals surface area contributed by atoms with E-state index in [1.165, 1.54) is 24.3 Å². The Balaban J connectivity index is 1.66. The van der Waals surface area contributed by atoms with Crippen molar-refractivity contribution in [3.8, 4) is 0 Å². The van der Waals surface area contributed by atoms with Crippen molar-refractivity contribution in [3.05, 3.63) is 71.0 Å². The number of rotatable bonds is 9. The van der Waals surface area contributed by atoms with Crippen molar-refractivity contribution in [3.63, 3.8) is 0 Å². The first-order chi connectivity index (χ1) is 15.3. The van der Waals surface area contributed by atoms with Crippen molar-refractivity contribution in [2.75, 3.05) is 46.8 Å². The first-order valence-electron chi connectivity index (χ1n) is 11.1. The maximum Gasteiger partial charge on any atom is 0.227 e. The number of piperidine rings is 1. The Hall–Kier alpha value is -2.38. The van der Waals surface area contributed by atoms with Crippen molar-refractivity contribution >= 4 is 5.91 Å². The average molecular weight is 448 g/mol. The number of carbonyl (C=O) groups excluding carboxylic acids is 1. The summed E-state index contributed by atoms with van der Waals surface area (Å²) in [4.78, 5) is 19.0. The molecular weight excluding hydrogens is 415 g/mol. The molecule has 1 aliphatic rings. The van der Waals surface area contributed by atoms with E-state index in [1.54, 1.807) is 17.0 Å². The molecular formula is C25H32F3N3O. The number of hydrogen-bond acceptors (Lipinski definition) is 3. The molecule has 1 atom stereocenters. The molecule has 1 fully saturated rings. The predicted molar refractivity (Wildman–Crippen MR) is 120 cm³/mol. The quantitative estimate of drug-likeness (QED) is 0.583. The van der Waals surface area contributed by atoms with Crippen LogP contribution in [0, 0.1) is 23.4 Å². The largest absolute Gasteiger partial charge is 0.341 e. The third kappa shape index (κ3) is 6.81. The van der Waals surface area contributed by atoms with Crippen molar-refractivity contribution < 1.29 is 18.0 Å². The first kappa shape index (κ1) is 24.3. The zero-order valence-electron chi connectivity index (χ0n) is 18.9. The molecule has 0 aromatic heterocycles. The first-order valence-corrected chi connectivity index (χ1v) is 11.1. The van der Waals surface area contributed by atoms with Crippen LogP contribution in [0.5, 0.6) is 0 Å². The smallest absolute Gasteiger partial charge is 0.227 e. The second kappa shape index (κ2) is 11.5. The lowest BCUT2D eigenvalue weighted by atomic mass is 9.96. The van der Waals surface area contributed by atoms with Crippen molar-refractivity contribution in [1.29, 1.82) is 0 Å². The molecule has 1 saturated heterocycles. The van der Waals surface area contributed by atoms with Gasteiger partial charge in [-0.3, -0.25) is 9.69 Å². The summed E-state index contributed by atoms with van der Waals surface area (Å²) in [5, 5.41) is 0. The van der Waals surface area contributed by atoms with Gasteiger partial charge in [0.25, 0.3) is 0 Å². The highest BCUT2D eigenvalue weighted by atomic mass is 19.1. The highest BCUT2D eigenvalue weighted by Gasteiger charge is 2.26. The maximum atomic E-state index is 14.1. The van der Waals surface area contributed by atoms with Crippen LogP contribution in [0.15, 0.2) is 42.5 Å². The molecule has 174 valence electrons. The van der Waals surface area contributed by atoms with Crippen LogP contribution in [0.1, 0.15) is 24.0 Å². The van der Waals surface area contributed by atoms with Gasteiger partial charge >= 0.3 is 0 Å². The van der Waals surface area contributed by atoms with Crippen LogP contribution >= 0.6 is 0 Å². The summed E-state index contributed by atoms with van der Waals surface area (Å²) in [7, 11) is 3.85. The summed E-state index contributed by atoms with van der Waals surface area (Å²) in [6.45, 7) is 3.86. The number of likely N-dealkylation sites (tertiary alicyclic amines) is 1. The normalized spacial score (nSPS) is 17.0. The van der Waals surface area contributed by atoms with Gasteiger partial charge in [0.05, 0.1) is 6.42 Å². The zero-order valence-corrected chi connectivity index (χ0v) is 18.9. The number of carbonyl (C=O) groups is 1. The van der Waals surface area contributed by atoms with Gasteiger partial charge in [0.15, 0.2) is 0 Å². The highest BCUT2D eigenvalue weighted by molar-refractivity contribution is 5.79. The molecule has 0 saturated carbocycles. The van der Waals surface area contributed by atoms with Gasteiger partial charge in [-0.1, -0.05) is 24.3 Å². The van der Waals surface area contributed by atoms with Crippen LogP contribution in [0.4, 0.5) is 13.2 Å². The maximum absolute atomic E-state index is 14.1. The molecule has 0 bridgehead atoms. The van der Waals surface area contributed by atoms with Crippen LogP contribution < -0.4 is 0 Å². The minimum Gasteiger partial charge on any atom is -0.341 e. The molecule has 0 unspecified atom stereocenters. The standard InChI is InChI=1S/C25H32F3N3O/c1-29(2)13-14-31(25(32)15-21-23(27)10-5-11-24(21)28)17-19-7-6-12-30(16-19)18-20-8-3-4-9-22(20)26/h3-5,8-11,19H,6-7,12-18H2,1-2H3/t19-/m1/s1. The molecule has 0 spiro atoms. The second-order valence-electron chi connectivity index (χ2n) is 8.85. The number of nitrogens with zero attached hydrogens (tertiary/aromatic N) is 3. The number of benzene rings is 2. The predicted octanol–water partition coefficient (Wildman–Crippen LogP) is 3.95. The fourth-order valence-corrected chi connectivity index (χ4v) is 4.23. The van der Waals surface area contributed by atoms with Gasteiger partial charge in [-0.2, -0.15) is 0 Å². The minimum absolute atomic E-state index is 0.183. The van der Waals surface area contributed by atoms with Crippen LogP contribution in [-0.2, 0) is 17.8 Å². The molecule has 1 aliphatic heterocycles. The summed E-state index contributed by atoms with van der Waals surface area (Å²) in [5.74, 6) is -1.64. The van der Waals surface area contributed by atoms with E-state index in [4.69, 9.17) is 0 Å². The number of likely N-dealkylation sites (N-methyl/N-ethyl adjacent to an activating group) is 1. The summed E-state index contributed by atoms with van der Waals surface area (Å²) in [6.07, 6.45) is 1.64. The third-order valence-corrected chi connectivity index (χ3v) is 5.99. The molecule has 2 aromatic carbocycles. The molecule has 4 nitrogen and oxygen atoms in total. The lowest BCUT2D eigenvalue weighted by molar-refractivity contribution is -0.131. The lowest BCUT2D eigenvalue weighted by Gasteiger charge is -2.36. The van der Waals surface area contributed by atoms with Crippen molar-refractivity contribution in [2.24, 2.45) is 5.92 Å². The molecule has 0 radical (unpaired) electrons. The topological polar surface area (TPSA) is 26.8 Å². The fourth-order valence-electron chi connectivity index (χ4n) is 4.23. The molecule has 0 aliphatic carbocycles. The van der Waals surface area contributed by atoms with E-state index in [2.05, 4.69) is 4.90 Å². The van der Waals surface area contributed by atoms with E-state index < -0.39 is 11.6 Å². The molecule has 1 amide bonds. The highest BCUT2D eigenvalue weighted by Crippen LogP contribution is 2.22. The van der Waals surface area contributed by atoms with Gasteiger partial charge < -0.3 is 9.80 Å². The van der Waals surface area contributed by atoms with E-state index in [-0.39, 0.29) is 29.6 Å². The Morgan fingerprint density at radius 2 is 1.69 bits per heavy atom. The van der Waals surface area contributed by atoms with Crippen LogP contribution in [0.3, 0.4) is 0 Å². The summed E-state index contributed by atoms with van der Waals surface area (Å²) >= 11 is 0. The Morgan fingerprint density at radius 3 is 2.38 bits per heavy atom. The number of amides is 1. The average Bonchev–Trinajstić information content (AvgIpc) is 2.75. The van der Waals surface area contributed by atoms with E-state index in [9.17, 15) is 18.0 Å². The van der Waals surface area contributed by atoms with Crippen LogP contribution in [-0.4, -0.2) is 67.4 Å². The number of hydrogen-bond donors (Lipinski definition) is 0. The summed E-state index contributed by atoms with van der Waals surface area (Å²) < 4.78 is 42.2. The fraction of sp³-hybridized carbons (Fsp3) is 0.480. The van der Waals surface area contributed by atoms with Crippen molar-refractivity contribution in [1.82, 2.24) is 14.7 Å². The minimum atomic E-state index is -0.695. The molecule has 0 N–H and O–H groups in total. The van der Waals surface area contributed by atoms with Gasteiger partial charge in [0, 0.05) is 43.9 Å². The van der Waals surface area contributed by atoms with Gasteiger partial charge in [-0.05, 0) is 57.6 Å². The Labute approximate surface area is 188 Å². The lowest BCUT2D eigenvalue weighted by Crippen LogP contribution is -2.45. The molecule has 1 heterocycles. The monoisotopic (exact) mass is 447 g/mol. The Kier molecular flexibility index (Phi) is 8.70. The zero-order chi connectivity index (χ0) is 23.1. The van der Waals surface area contributed by atoms with Gasteiger partial charge in [-0.25, -0.2) is 13.2 Å². The second-order valence-corrected chi connectivity index (χ2v) is 8.85. The molecule has 3 rings (SSSR count). The number of halogens is 3. The van der Waals surface area contributed by atoms with Gasteiger partial charge in [-0.15, -0.1) is 0 Å². The van der Waals surface area contributed by atoms with Gasteiger partial charge in [0.2, 0.25) is 5.91 Å². The Morgan fingerprint density at radius 1 is 1.00 bits per heavy atom. The van der Waals surface area contributed by atoms with E-state index in [1.807, 2.05) is 25.1 Å². The molecule has 2 aromatic rings. The third-order valence-electron chi connectivity index (χ3n) is 5.99. The molecule has 7 heteroatoms. The van der Waals surface area contributed by atoms with Crippen molar-refractivity contribution in [2.45, 2.75) is 25.8 Å². The van der Waals surface area contributed by atoms with Gasteiger partial charge in [0.1, 0.15) is 17.5 Å². The van der Waals surface area contributed by atoms with Crippen LogP contribution in [0.2, 0.25) is 0 Å². The summed E-state index contributed by atoms with van der Waals surface area (Å²) in [6, 6.07) is 10.5. The van der Waals surface area contributed by atoms with Crippen LogP contribution in [0.25, 0.3) is 0 Å².